The minimum Gasteiger partial charge on any atom is -0.375 e. The van der Waals surface area contributed by atoms with Gasteiger partial charge in [0.1, 0.15) is 5.82 Å². The summed E-state index contributed by atoms with van der Waals surface area (Å²) in [5.41, 5.74) is 1.86. The Labute approximate surface area is 164 Å². The first kappa shape index (κ1) is 20.0. The molecule has 0 aliphatic carbocycles. The van der Waals surface area contributed by atoms with E-state index in [-0.39, 0.29) is 29.7 Å². The average molecular weight is 384 g/mol. The molecule has 2 aromatic rings. The quantitative estimate of drug-likeness (QED) is 0.853. The van der Waals surface area contributed by atoms with Crippen LogP contribution in [0.3, 0.4) is 0 Å². The molecule has 148 valence electrons. The molecular weight excluding hydrogens is 359 g/mol. The normalized spacial score (nSPS) is 17.8. The van der Waals surface area contributed by atoms with Gasteiger partial charge in [0, 0.05) is 24.3 Å². The van der Waals surface area contributed by atoms with Gasteiger partial charge in [-0.2, -0.15) is 0 Å². The van der Waals surface area contributed by atoms with Crippen molar-refractivity contribution in [3.8, 4) is 0 Å². The highest BCUT2D eigenvalue weighted by Gasteiger charge is 2.23. The van der Waals surface area contributed by atoms with Crippen molar-refractivity contribution < 1.29 is 18.7 Å². The zero-order chi connectivity index (χ0) is 20.1. The van der Waals surface area contributed by atoms with Gasteiger partial charge in [-0.3, -0.25) is 9.59 Å². The summed E-state index contributed by atoms with van der Waals surface area (Å²) in [7, 11) is 0. The van der Waals surface area contributed by atoms with E-state index in [0.717, 1.165) is 5.56 Å². The second kappa shape index (κ2) is 8.97. The third-order valence-electron chi connectivity index (χ3n) is 4.90. The minimum absolute atomic E-state index is 0.0154. The van der Waals surface area contributed by atoms with E-state index >= 15 is 0 Å². The zero-order valence-electron chi connectivity index (χ0n) is 16.2. The van der Waals surface area contributed by atoms with Crippen LogP contribution in [0.2, 0.25) is 0 Å². The van der Waals surface area contributed by atoms with Gasteiger partial charge in [0.2, 0.25) is 5.91 Å². The lowest BCUT2D eigenvalue weighted by molar-refractivity contribution is -0.117. The van der Waals surface area contributed by atoms with E-state index in [1.807, 2.05) is 13.8 Å². The summed E-state index contributed by atoms with van der Waals surface area (Å²) in [6.45, 7) is 5.49. The van der Waals surface area contributed by atoms with Crippen molar-refractivity contribution in [2.45, 2.75) is 32.3 Å². The van der Waals surface area contributed by atoms with Gasteiger partial charge >= 0.3 is 0 Å². The number of halogens is 1. The highest BCUT2D eigenvalue weighted by molar-refractivity contribution is 5.99. The summed E-state index contributed by atoms with van der Waals surface area (Å²) in [5.74, 6) is -0.974. The molecule has 2 unspecified atom stereocenters. The molecule has 1 N–H and O–H groups in total. The van der Waals surface area contributed by atoms with Crippen LogP contribution in [-0.2, 0) is 9.53 Å². The standard InChI is InChI=1S/C22H25FN2O3/c1-3-20(16-7-9-18(23)10-8-16)21(26)24-19-6-4-5-17(13-19)22(27)25-11-12-28-15(2)14-25/h4-10,13,15,20H,3,11-12,14H2,1-2H3,(H,24,26). The van der Waals surface area contributed by atoms with Crippen LogP contribution in [0.4, 0.5) is 10.1 Å². The number of carbonyl (C=O) groups is 2. The smallest absolute Gasteiger partial charge is 0.254 e. The van der Waals surface area contributed by atoms with Crippen molar-refractivity contribution in [3.05, 3.63) is 65.5 Å². The molecule has 1 fully saturated rings. The van der Waals surface area contributed by atoms with Crippen molar-refractivity contribution in [1.29, 1.82) is 0 Å². The maximum Gasteiger partial charge on any atom is 0.254 e. The van der Waals surface area contributed by atoms with Gasteiger partial charge < -0.3 is 15.0 Å². The highest BCUT2D eigenvalue weighted by atomic mass is 19.1. The number of anilines is 1. The second-order valence-electron chi connectivity index (χ2n) is 7.02. The van der Waals surface area contributed by atoms with Crippen LogP contribution < -0.4 is 5.32 Å². The molecule has 0 aromatic heterocycles. The van der Waals surface area contributed by atoms with E-state index in [0.29, 0.717) is 37.4 Å². The Morgan fingerprint density at radius 1 is 1.25 bits per heavy atom. The monoisotopic (exact) mass is 384 g/mol. The summed E-state index contributed by atoms with van der Waals surface area (Å²) < 4.78 is 18.6. The number of carbonyl (C=O) groups excluding carboxylic acids is 2. The van der Waals surface area contributed by atoms with Crippen LogP contribution in [-0.4, -0.2) is 42.5 Å². The van der Waals surface area contributed by atoms with Crippen LogP contribution in [0.1, 0.15) is 42.1 Å². The highest BCUT2D eigenvalue weighted by Crippen LogP contribution is 2.23. The van der Waals surface area contributed by atoms with Crippen molar-refractivity contribution >= 4 is 17.5 Å². The topological polar surface area (TPSA) is 58.6 Å². The molecule has 1 aliphatic heterocycles. The summed E-state index contributed by atoms with van der Waals surface area (Å²) >= 11 is 0. The van der Waals surface area contributed by atoms with E-state index in [1.165, 1.54) is 12.1 Å². The lowest BCUT2D eigenvalue weighted by Crippen LogP contribution is -2.44. The van der Waals surface area contributed by atoms with Crippen LogP contribution >= 0.6 is 0 Å². The van der Waals surface area contributed by atoms with E-state index in [9.17, 15) is 14.0 Å². The van der Waals surface area contributed by atoms with Gasteiger partial charge in [0.25, 0.3) is 5.91 Å². The molecule has 3 rings (SSSR count). The number of nitrogens with zero attached hydrogens (tertiary/aromatic N) is 1. The number of rotatable bonds is 5. The Kier molecular flexibility index (Phi) is 6.41. The first-order valence-corrected chi connectivity index (χ1v) is 9.55. The maximum absolute atomic E-state index is 13.2. The molecule has 1 aliphatic rings. The Morgan fingerprint density at radius 2 is 2.00 bits per heavy atom. The van der Waals surface area contributed by atoms with Crippen molar-refractivity contribution in [3.63, 3.8) is 0 Å². The lowest BCUT2D eigenvalue weighted by atomic mass is 9.95. The lowest BCUT2D eigenvalue weighted by Gasteiger charge is -2.31. The Morgan fingerprint density at radius 3 is 2.68 bits per heavy atom. The molecule has 5 nitrogen and oxygen atoms in total. The summed E-state index contributed by atoms with van der Waals surface area (Å²) in [5, 5.41) is 2.88. The van der Waals surface area contributed by atoms with Crippen LogP contribution in [0, 0.1) is 5.82 Å². The van der Waals surface area contributed by atoms with Crippen molar-refractivity contribution in [2.24, 2.45) is 0 Å². The number of ether oxygens (including phenoxy) is 1. The van der Waals surface area contributed by atoms with Gasteiger partial charge in [0.15, 0.2) is 0 Å². The molecule has 28 heavy (non-hydrogen) atoms. The molecule has 0 radical (unpaired) electrons. The maximum atomic E-state index is 13.2. The van der Waals surface area contributed by atoms with E-state index in [1.54, 1.807) is 41.3 Å². The first-order valence-electron chi connectivity index (χ1n) is 9.55. The number of benzene rings is 2. The zero-order valence-corrected chi connectivity index (χ0v) is 16.2. The fourth-order valence-corrected chi connectivity index (χ4v) is 3.41. The Bertz CT molecular complexity index is 838. The first-order chi connectivity index (χ1) is 13.5. The van der Waals surface area contributed by atoms with Crippen LogP contribution in [0.15, 0.2) is 48.5 Å². The molecule has 6 heteroatoms. The summed E-state index contributed by atoms with van der Waals surface area (Å²) in [6, 6.07) is 12.9. The summed E-state index contributed by atoms with van der Waals surface area (Å²) in [4.78, 5) is 27.3. The number of morpholine rings is 1. The van der Waals surface area contributed by atoms with Gasteiger partial charge in [-0.15, -0.1) is 0 Å². The Hall–Kier alpha value is -2.73. The number of hydrogen-bond acceptors (Lipinski definition) is 3. The van der Waals surface area contributed by atoms with Gasteiger partial charge in [-0.25, -0.2) is 4.39 Å². The molecule has 2 aromatic carbocycles. The van der Waals surface area contributed by atoms with E-state index in [4.69, 9.17) is 4.74 Å². The fourth-order valence-electron chi connectivity index (χ4n) is 3.41. The molecule has 0 bridgehead atoms. The van der Waals surface area contributed by atoms with E-state index < -0.39 is 0 Å². The molecule has 1 saturated heterocycles. The van der Waals surface area contributed by atoms with Gasteiger partial charge in [-0.1, -0.05) is 25.1 Å². The van der Waals surface area contributed by atoms with E-state index in [2.05, 4.69) is 5.32 Å². The molecule has 2 amide bonds. The molecule has 0 saturated carbocycles. The van der Waals surface area contributed by atoms with Crippen molar-refractivity contribution in [1.82, 2.24) is 4.90 Å². The molecule has 0 spiro atoms. The van der Waals surface area contributed by atoms with Crippen LogP contribution in [0.5, 0.6) is 0 Å². The predicted octanol–water partition coefficient (Wildman–Crippen LogP) is 3.82. The number of hydrogen-bond donors (Lipinski definition) is 1. The minimum atomic E-state index is -0.389. The molecule has 2 atom stereocenters. The third kappa shape index (κ3) is 4.75. The Balaban J connectivity index is 1.71. The van der Waals surface area contributed by atoms with Gasteiger partial charge in [-0.05, 0) is 49.2 Å². The second-order valence-corrected chi connectivity index (χ2v) is 7.02. The average Bonchev–Trinajstić information content (AvgIpc) is 2.69. The number of nitrogens with one attached hydrogen (secondary N) is 1. The van der Waals surface area contributed by atoms with Gasteiger partial charge in [0.05, 0.1) is 18.6 Å². The van der Waals surface area contributed by atoms with Crippen LogP contribution in [0.25, 0.3) is 0 Å². The largest absolute Gasteiger partial charge is 0.375 e. The molecular formula is C22H25FN2O3. The molecule has 1 heterocycles. The predicted molar refractivity (Wildman–Crippen MR) is 106 cm³/mol. The summed E-state index contributed by atoms with van der Waals surface area (Å²) in [6.07, 6.45) is 0.600. The SMILES string of the molecule is CCC(C(=O)Nc1cccc(C(=O)N2CCOC(C)C2)c1)c1ccc(F)cc1. The fraction of sp³-hybridized carbons (Fsp3) is 0.364. The van der Waals surface area contributed by atoms with Crippen molar-refractivity contribution in [2.75, 3.05) is 25.0 Å². The number of amides is 2. The third-order valence-corrected chi connectivity index (χ3v) is 4.90.